The molecule has 0 radical (unpaired) electrons. The average molecular weight is 375 g/mol. The number of aromatic nitrogens is 1. The van der Waals surface area contributed by atoms with Gasteiger partial charge in [0.15, 0.2) is 5.76 Å². The van der Waals surface area contributed by atoms with Gasteiger partial charge in [0, 0.05) is 31.8 Å². The summed E-state index contributed by atoms with van der Waals surface area (Å²) in [5.41, 5.74) is 1.49. The van der Waals surface area contributed by atoms with E-state index in [0.717, 1.165) is 12.1 Å². The summed E-state index contributed by atoms with van der Waals surface area (Å²) in [6.07, 6.45) is 0.765. The van der Waals surface area contributed by atoms with E-state index in [1.165, 1.54) is 0 Å². The minimum atomic E-state index is -0.611. The van der Waals surface area contributed by atoms with Crippen molar-refractivity contribution in [2.24, 2.45) is 0 Å². The highest BCUT2D eigenvalue weighted by atomic mass is 16.5. The smallest absolute Gasteiger partial charge is 0.319 e. The summed E-state index contributed by atoms with van der Waals surface area (Å²) in [5.74, 6) is 0.666. The summed E-state index contributed by atoms with van der Waals surface area (Å²) in [5, 5.41) is 19.7. The Hall–Kier alpha value is -2.42. The molecule has 0 spiro atoms. The highest BCUT2D eigenvalue weighted by Gasteiger charge is 2.30. The van der Waals surface area contributed by atoms with Crippen LogP contribution < -0.4 is 10.6 Å². The number of nitrogens with one attached hydrogen (secondary N) is 2. The summed E-state index contributed by atoms with van der Waals surface area (Å²) in [6.45, 7) is 0.602. The van der Waals surface area contributed by atoms with E-state index in [0.29, 0.717) is 30.9 Å². The molecule has 8 heteroatoms. The number of para-hydroxylation sites is 1. The van der Waals surface area contributed by atoms with E-state index in [1.54, 1.807) is 19.2 Å². The molecule has 1 aromatic carbocycles. The van der Waals surface area contributed by atoms with Gasteiger partial charge in [-0.05, 0) is 25.0 Å². The lowest BCUT2D eigenvalue weighted by atomic mass is 9.98. The van der Waals surface area contributed by atoms with E-state index in [2.05, 4.69) is 15.8 Å². The number of hydrogen-bond donors (Lipinski definition) is 3. The fraction of sp³-hybridized carbons (Fsp3) is 0.474. The number of carbonyl (C=O) groups is 1. The predicted octanol–water partition coefficient (Wildman–Crippen LogP) is 2.09. The Kier molecular flexibility index (Phi) is 6.80. The first kappa shape index (κ1) is 19.3. The average Bonchev–Trinajstić information content (AvgIpc) is 3.10. The van der Waals surface area contributed by atoms with Crippen LogP contribution in [0.15, 0.2) is 40.9 Å². The van der Waals surface area contributed by atoms with Gasteiger partial charge in [-0.2, -0.15) is 0 Å². The van der Waals surface area contributed by atoms with Crippen LogP contribution in [-0.4, -0.2) is 48.3 Å². The van der Waals surface area contributed by atoms with E-state index < -0.39 is 12.2 Å². The van der Waals surface area contributed by atoms with Crippen LogP contribution in [0.1, 0.15) is 24.3 Å². The molecule has 2 heterocycles. The van der Waals surface area contributed by atoms with E-state index in [4.69, 9.17) is 14.0 Å². The lowest BCUT2D eigenvalue weighted by Gasteiger charge is -2.33. The lowest BCUT2D eigenvalue weighted by Crippen LogP contribution is -2.47. The number of urea groups is 1. The molecule has 1 aliphatic heterocycles. The van der Waals surface area contributed by atoms with Crippen LogP contribution in [0.3, 0.4) is 0 Å². The molecule has 8 nitrogen and oxygen atoms in total. The molecule has 3 N–H and O–H groups in total. The number of methoxy groups -OCH3 is 1. The van der Waals surface area contributed by atoms with Crippen molar-refractivity contribution in [3.63, 3.8) is 0 Å². The minimum Gasteiger partial charge on any atom is -0.390 e. The molecule has 0 aliphatic carbocycles. The third-order valence-corrected chi connectivity index (χ3v) is 4.41. The quantitative estimate of drug-likeness (QED) is 0.684. The Morgan fingerprint density at radius 1 is 1.33 bits per heavy atom. The number of anilines is 1. The predicted molar refractivity (Wildman–Crippen MR) is 98.3 cm³/mol. The fourth-order valence-corrected chi connectivity index (χ4v) is 3.07. The zero-order valence-corrected chi connectivity index (χ0v) is 15.3. The van der Waals surface area contributed by atoms with Gasteiger partial charge in [-0.15, -0.1) is 0 Å². The van der Waals surface area contributed by atoms with E-state index in [1.807, 2.05) is 24.3 Å². The maximum atomic E-state index is 12.0. The Morgan fingerprint density at radius 2 is 2.15 bits per heavy atom. The van der Waals surface area contributed by atoms with Gasteiger partial charge < -0.3 is 29.7 Å². The Bertz CT molecular complexity index is 721. The number of carbonyl (C=O) groups excluding carboxylic acids is 1. The van der Waals surface area contributed by atoms with Gasteiger partial charge in [-0.1, -0.05) is 23.4 Å². The monoisotopic (exact) mass is 375 g/mol. The molecule has 3 rings (SSSR count). The minimum absolute atomic E-state index is 0.0853. The third-order valence-electron chi connectivity index (χ3n) is 4.41. The zero-order valence-electron chi connectivity index (χ0n) is 15.3. The number of aliphatic hydroxyl groups is 1. The second-order valence-corrected chi connectivity index (χ2v) is 6.56. The summed E-state index contributed by atoms with van der Waals surface area (Å²) in [4.78, 5) is 12.0. The molecule has 2 aromatic rings. The van der Waals surface area contributed by atoms with Crippen molar-refractivity contribution in [1.29, 1.82) is 0 Å². The number of benzene rings is 1. The van der Waals surface area contributed by atoms with E-state index in [-0.39, 0.29) is 18.7 Å². The Labute approximate surface area is 157 Å². The van der Waals surface area contributed by atoms with Gasteiger partial charge in [0.1, 0.15) is 12.7 Å². The van der Waals surface area contributed by atoms with Crippen LogP contribution in [0.2, 0.25) is 0 Å². The Morgan fingerprint density at radius 3 is 2.93 bits per heavy atom. The first-order valence-electron chi connectivity index (χ1n) is 9.01. The molecule has 1 aromatic heterocycles. The summed E-state index contributed by atoms with van der Waals surface area (Å²) in [6, 6.07) is 10.7. The molecule has 1 fully saturated rings. The molecular formula is C19H25N3O5. The molecule has 2 amide bonds. The normalized spacial score (nSPS) is 22.4. The zero-order chi connectivity index (χ0) is 19.1. The molecule has 0 saturated carbocycles. The van der Waals surface area contributed by atoms with Gasteiger partial charge in [0.25, 0.3) is 0 Å². The maximum absolute atomic E-state index is 12.0. The van der Waals surface area contributed by atoms with Crippen molar-refractivity contribution in [3.05, 3.63) is 47.9 Å². The number of rotatable bonds is 7. The second-order valence-electron chi connectivity index (χ2n) is 6.56. The first-order valence-corrected chi connectivity index (χ1v) is 9.01. The molecule has 1 saturated heterocycles. The van der Waals surface area contributed by atoms with Gasteiger partial charge in [0.2, 0.25) is 0 Å². The van der Waals surface area contributed by atoms with Crippen LogP contribution in [0.25, 0.3) is 0 Å². The summed E-state index contributed by atoms with van der Waals surface area (Å²) >= 11 is 0. The van der Waals surface area contributed by atoms with Crippen LogP contribution >= 0.6 is 0 Å². The second kappa shape index (κ2) is 9.50. The largest absolute Gasteiger partial charge is 0.390 e. The lowest BCUT2D eigenvalue weighted by molar-refractivity contribution is -0.113. The van der Waals surface area contributed by atoms with Crippen LogP contribution in [0.4, 0.5) is 10.5 Å². The molecule has 3 atom stereocenters. The van der Waals surface area contributed by atoms with Crippen LogP contribution in [0.5, 0.6) is 0 Å². The van der Waals surface area contributed by atoms with Crippen molar-refractivity contribution in [1.82, 2.24) is 10.5 Å². The number of aliphatic hydroxyl groups excluding tert-OH is 1. The number of nitrogens with zero attached hydrogens (tertiary/aromatic N) is 1. The number of ether oxygens (including phenoxy) is 2. The van der Waals surface area contributed by atoms with Gasteiger partial charge >= 0.3 is 6.03 Å². The molecular weight excluding hydrogens is 350 g/mol. The molecule has 0 bridgehead atoms. The van der Waals surface area contributed by atoms with Crippen molar-refractivity contribution >= 4 is 11.7 Å². The summed E-state index contributed by atoms with van der Waals surface area (Å²) in [7, 11) is 1.60. The van der Waals surface area contributed by atoms with Gasteiger partial charge in [-0.25, -0.2) is 4.79 Å². The van der Waals surface area contributed by atoms with Crippen LogP contribution in [-0.2, 0) is 22.5 Å². The van der Waals surface area contributed by atoms with Gasteiger partial charge in [0.05, 0.1) is 17.9 Å². The van der Waals surface area contributed by atoms with E-state index in [9.17, 15) is 9.90 Å². The third kappa shape index (κ3) is 5.78. The van der Waals surface area contributed by atoms with Gasteiger partial charge in [-0.3, -0.25) is 0 Å². The SMILES string of the molecule is COCc1cc(CC2CCC(O)C(CNC(=O)Nc3ccccc3)O2)no1. The molecule has 3 unspecified atom stereocenters. The molecule has 1 aliphatic rings. The van der Waals surface area contributed by atoms with Crippen molar-refractivity contribution < 1.29 is 23.9 Å². The fourth-order valence-electron chi connectivity index (χ4n) is 3.07. The molecule has 27 heavy (non-hydrogen) atoms. The highest BCUT2D eigenvalue weighted by molar-refractivity contribution is 5.89. The maximum Gasteiger partial charge on any atom is 0.319 e. The number of amides is 2. The molecule has 146 valence electrons. The van der Waals surface area contributed by atoms with E-state index >= 15 is 0 Å². The topological polar surface area (TPSA) is 106 Å². The highest BCUT2D eigenvalue weighted by Crippen LogP contribution is 2.22. The number of hydrogen-bond acceptors (Lipinski definition) is 6. The standard InChI is InChI=1S/C19H25N3O5/c1-25-12-16-10-14(22-27-16)9-15-7-8-17(23)18(26-15)11-20-19(24)21-13-5-3-2-4-6-13/h2-6,10,15,17-18,23H,7-9,11-12H2,1H3,(H2,20,21,24). The Balaban J connectivity index is 1.47. The van der Waals surface area contributed by atoms with Crippen LogP contribution in [0, 0.1) is 0 Å². The van der Waals surface area contributed by atoms with Crippen molar-refractivity contribution in [3.8, 4) is 0 Å². The summed E-state index contributed by atoms with van der Waals surface area (Å²) < 4.78 is 16.2. The van der Waals surface area contributed by atoms with Crippen molar-refractivity contribution in [2.75, 3.05) is 19.0 Å². The first-order chi connectivity index (χ1) is 13.1. The van der Waals surface area contributed by atoms with Crippen molar-refractivity contribution in [2.45, 2.75) is 44.2 Å².